The van der Waals surface area contributed by atoms with Crippen molar-refractivity contribution in [3.63, 3.8) is 0 Å². The SMILES string of the molecule is O=C(CCc1ncc(-c2ccc(F)cc2F)o1)Nc1cccc(CN2CCOCC2)c1. The molecule has 1 fully saturated rings. The van der Waals surface area contributed by atoms with Gasteiger partial charge in [-0.05, 0) is 29.8 Å². The smallest absolute Gasteiger partial charge is 0.224 e. The van der Waals surface area contributed by atoms with Crippen molar-refractivity contribution in [2.45, 2.75) is 19.4 Å². The largest absolute Gasteiger partial charge is 0.441 e. The lowest BCUT2D eigenvalue weighted by molar-refractivity contribution is -0.116. The molecule has 2 aromatic carbocycles. The van der Waals surface area contributed by atoms with Gasteiger partial charge >= 0.3 is 0 Å². The number of hydrogen-bond donors (Lipinski definition) is 1. The van der Waals surface area contributed by atoms with Gasteiger partial charge in [0.05, 0.1) is 25.0 Å². The Labute approximate surface area is 178 Å². The molecule has 1 N–H and O–H groups in total. The maximum absolute atomic E-state index is 13.9. The third-order valence-corrected chi connectivity index (χ3v) is 5.04. The van der Waals surface area contributed by atoms with Crippen LogP contribution in [0.1, 0.15) is 17.9 Å². The summed E-state index contributed by atoms with van der Waals surface area (Å²) in [5.41, 5.74) is 1.98. The Morgan fingerprint density at radius 3 is 2.77 bits per heavy atom. The number of aromatic nitrogens is 1. The second kappa shape index (κ2) is 9.80. The summed E-state index contributed by atoms with van der Waals surface area (Å²) in [4.78, 5) is 18.8. The summed E-state index contributed by atoms with van der Waals surface area (Å²) in [6, 6.07) is 11.0. The van der Waals surface area contributed by atoms with E-state index in [-0.39, 0.29) is 30.1 Å². The number of ether oxygens (including phenoxy) is 1. The summed E-state index contributed by atoms with van der Waals surface area (Å²) >= 11 is 0. The van der Waals surface area contributed by atoms with Crippen LogP contribution in [0.2, 0.25) is 0 Å². The number of oxazole rings is 1. The molecule has 0 spiro atoms. The van der Waals surface area contributed by atoms with Crippen molar-refractivity contribution in [2.24, 2.45) is 0 Å². The van der Waals surface area contributed by atoms with Gasteiger partial charge in [0.25, 0.3) is 0 Å². The third kappa shape index (κ3) is 5.74. The van der Waals surface area contributed by atoms with Gasteiger partial charge in [-0.3, -0.25) is 9.69 Å². The molecule has 1 aliphatic rings. The summed E-state index contributed by atoms with van der Waals surface area (Å²) in [5.74, 6) is -1.04. The monoisotopic (exact) mass is 427 g/mol. The van der Waals surface area contributed by atoms with Gasteiger partial charge in [0, 0.05) is 44.2 Å². The van der Waals surface area contributed by atoms with Crippen molar-refractivity contribution in [1.29, 1.82) is 0 Å². The number of nitrogens with zero attached hydrogens (tertiary/aromatic N) is 2. The van der Waals surface area contributed by atoms with Crippen LogP contribution in [0.5, 0.6) is 0 Å². The second-order valence-electron chi connectivity index (χ2n) is 7.38. The Balaban J connectivity index is 1.30. The minimum Gasteiger partial charge on any atom is -0.441 e. The number of anilines is 1. The van der Waals surface area contributed by atoms with Crippen LogP contribution in [-0.2, 0) is 22.5 Å². The summed E-state index contributed by atoms with van der Waals surface area (Å²) in [6.07, 6.45) is 1.81. The van der Waals surface area contributed by atoms with Crippen LogP contribution >= 0.6 is 0 Å². The van der Waals surface area contributed by atoms with Crippen LogP contribution in [0.4, 0.5) is 14.5 Å². The Morgan fingerprint density at radius 2 is 1.97 bits per heavy atom. The van der Waals surface area contributed by atoms with Crippen LogP contribution in [0.25, 0.3) is 11.3 Å². The quantitative estimate of drug-likeness (QED) is 0.617. The van der Waals surface area contributed by atoms with Crippen LogP contribution in [0.3, 0.4) is 0 Å². The Kier molecular flexibility index (Phi) is 6.69. The van der Waals surface area contributed by atoms with Crippen molar-refractivity contribution >= 4 is 11.6 Å². The molecule has 3 aromatic rings. The fraction of sp³-hybridized carbons (Fsp3) is 0.304. The number of rotatable bonds is 7. The van der Waals surface area contributed by atoms with E-state index in [0.29, 0.717) is 5.89 Å². The van der Waals surface area contributed by atoms with Crippen LogP contribution in [0.15, 0.2) is 53.1 Å². The van der Waals surface area contributed by atoms with Crippen LogP contribution in [0, 0.1) is 11.6 Å². The van der Waals surface area contributed by atoms with Gasteiger partial charge in [-0.15, -0.1) is 0 Å². The van der Waals surface area contributed by atoms with Gasteiger partial charge in [0.15, 0.2) is 11.7 Å². The van der Waals surface area contributed by atoms with Crippen molar-refractivity contribution in [1.82, 2.24) is 9.88 Å². The van der Waals surface area contributed by atoms with E-state index in [4.69, 9.17) is 9.15 Å². The maximum Gasteiger partial charge on any atom is 0.224 e. The second-order valence-corrected chi connectivity index (χ2v) is 7.38. The van der Waals surface area contributed by atoms with Crippen molar-refractivity contribution in [3.05, 3.63) is 71.8 Å². The van der Waals surface area contributed by atoms with Crippen molar-refractivity contribution in [3.8, 4) is 11.3 Å². The zero-order valence-electron chi connectivity index (χ0n) is 16.9. The molecule has 0 radical (unpaired) electrons. The highest BCUT2D eigenvalue weighted by molar-refractivity contribution is 5.90. The first-order valence-electron chi connectivity index (χ1n) is 10.2. The fourth-order valence-corrected chi connectivity index (χ4v) is 3.45. The number of aryl methyl sites for hydroxylation is 1. The van der Waals surface area contributed by atoms with Crippen molar-refractivity contribution in [2.75, 3.05) is 31.6 Å². The maximum atomic E-state index is 13.9. The Hall–Kier alpha value is -3.10. The molecule has 0 atom stereocenters. The highest BCUT2D eigenvalue weighted by atomic mass is 19.1. The highest BCUT2D eigenvalue weighted by Gasteiger charge is 2.14. The molecule has 2 heterocycles. The molecule has 0 unspecified atom stereocenters. The zero-order valence-corrected chi connectivity index (χ0v) is 16.9. The molecule has 1 aliphatic heterocycles. The zero-order chi connectivity index (χ0) is 21.6. The predicted octanol–water partition coefficient (Wildman–Crippen LogP) is 4.02. The number of morpholine rings is 1. The molecule has 162 valence electrons. The number of halogens is 2. The van der Waals surface area contributed by atoms with Gasteiger partial charge in [-0.1, -0.05) is 12.1 Å². The third-order valence-electron chi connectivity index (χ3n) is 5.04. The van der Waals surface area contributed by atoms with E-state index in [2.05, 4.69) is 15.2 Å². The van der Waals surface area contributed by atoms with Crippen LogP contribution in [-0.4, -0.2) is 42.1 Å². The lowest BCUT2D eigenvalue weighted by Gasteiger charge is -2.26. The molecule has 8 heteroatoms. The summed E-state index contributed by atoms with van der Waals surface area (Å²) in [6.45, 7) is 4.10. The molecular formula is C23H23F2N3O3. The number of nitrogens with one attached hydrogen (secondary N) is 1. The number of amides is 1. The van der Waals surface area contributed by atoms with Crippen LogP contribution < -0.4 is 5.32 Å². The standard InChI is InChI=1S/C23H23F2N3O3/c24-17-4-5-19(20(25)13-17)21-14-26-23(31-21)7-6-22(29)27-18-3-1-2-16(12-18)15-28-8-10-30-11-9-28/h1-5,12-14H,6-11,15H2,(H,27,29). The van der Waals surface area contributed by atoms with Gasteiger partial charge in [0.2, 0.25) is 5.91 Å². The Bertz CT molecular complexity index is 1050. The normalized spacial score (nSPS) is 14.5. The topological polar surface area (TPSA) is 67.6 Å². The average molecular weight is 427 g/mol. The number of hydrogen-bond acceptors (Lipinski definition) is 5. The van der Waals surface area contributed by atoms with E-state index in [0.717, 1.165) is 56.2 Å². The average Bonchev–Trinajstić information content (AvgIpc) is 3.22. The van der Waals surface area contributed by atoms with Crippen molar-refractivity contribution < 1.29 is 22.7 Å². The van der Waals surface area contributed by atoms with E-state index >= 15 is 0 Å². The van der Waals surface area contributed by atoms with E-state index in [1.54, 1.807) is 0 Å². The molecule has 31 heavy (non-hydrogen) atoms. The molecule has 1 saturated heterocycles. The van der Waals surface area contributed by atoms with E-state index in [1.807, 2.05) is 24.3 Å². The summed E-state index contributed by atoms with van der Waals surface area (Å²) in [5, 5.41) is 2.89. The summed E-state index contributed by atoms with van der Waals surface area (Å²) < 4.78 is 37.8. The van der Waals surface area contributed by atoms with E-state index < -0.39 is 11.6 Å². The fourth-order valence-electron chi connectivity index (χ4n) is 3.45. The molecule has 0 saturated carbocycles. The molecule has 1 amide bonds. The minimum atomic E-state index is -0.725. The molecule has 1 aromatic heterocycles. The predicted molar refractivity (Wildman–Crippen MR) is 111 cm³/mol. The number of benzene rings is 2. The van der Waals surface area contributed by atoms with Gasteiger partial charge < -0.3 is 14.5 Å². The van der Waals surface area contributed by atoms with E-state index in [9.17, 15) is 13.6 Å². The molecule has 0 aliphatic carbocycles. The molecule has 4 rings (SSSR count). The van der Waals surface area contributed by atoms with Gasteiger partial charge in [-0.2, -0.15) is 0 Å². The van der Waals surface area contributed by atoms with E-state index in [1.165, 1.54) is 12.3 Å². The first kappa shape index (κ1) is 21.1. The molecule has 6 nitrogen and oxygen atoms in total. The minimum absolute atomic E-state index is 0.127. The summed E-state index contributed by atoms with van der Waals surface area (Å²) in [7, 11) is 0. The first-order chi connectivity index (χ1) is 15.1. The lowest BCUT2D eigenvalue weighted by atomic mass is 10.1. The molecular weight excluding hydrogens is 404 g/mol. The highest BCUT2D eigenvalue weighted by Crippen LogP contribution is 2.24. The first-order valence-corrected chi connectivity index (χ1v) is 10.2. The number of carbonyl (C=O) groups excluding carboxylic acids is 1. The molecule has 0 bridgehead atoms. The van der Waals surface area contributed by atoms with Gasteiger partial charge in [-0.25, -0.2) is 13.8 Å². The van der Waals surface area contributed by atoms with Gasteiger partial charge in [0.1, 0.15) is 11.6 Å². The Morgan fingerprint density at radius 1 is 1.13 bits per heavy atom. The lowest BCUT2D eigenvalue weighted by Crippen LogP contribution is -2.35. The number of carbonyl (C=O) groups is 1.